The molecule has 1 unspecified atom stereocenters. The molecule has 0 spiro atoms. The topological polar surface area (TPSA) is 43.8 Å². The monoisotopic (exact) mass is 197 g/mol. The third-order valence-corrected chi connectivity index (χ3v) is 2.13. The fourth-order valence-corrected chi connectivity index (χ4v) is 1.71. The van der Waals surface area contributed by atoms with Crippen LogP contribution in [0.2, 0.25) is 0 Å². The summed E-state index contributed by atoms with van der Waals surface area (Å²) in [5, 5.41) is 4.36. The average molecular weight is 197 g/mol. The van der Waals surface area contributed by atoms with Crippen molar-refractivity contribution in [3.8, 4) is 0 Å². The minimum atomic E-state index is 0.256. The van der Waals surface area contributed by atoms with Crippen molar-refractivity contribution >= 4 is 17.2 Å². The van der Waals surface area contributed by atoms with Crippen LogP contribution in [-0.2, 0) is 0 Å². The van der Waals surface area contributed by atoms with E-state index in [1.165, 1.54) is 0 Å². The highest BCUT2D eigenvalue weighted by Crippen LogP contribution is 2.13. The molecule has 0 aromatic carbocycles. The first-order valence-electron chi connectivity index (χ1n) is 4.31. The van der Waals surface area contributed by atoms with E-state index < -0.39 is 0 Å². The quantitative estimate of drug-likeness (QED) is 0.751. The number of thiocarbonyl (C=S) groups is 1. The maximum absolute atomic E-state index is 5.48. The molecule has 1 rings (SSSR count). The molecule has 4 heteroatoms. The van der Waals surface area contributed by atoms with Crippen LogP contribution in [0.5, 0.6) is 0 Å². The molecule has 0 saturated heterocycles. The molecule has 0 fully saturated rings. The Labute approximate surface area is 83.9 Å². The van der Waals surface area contributed by atoms with E-state index in [2.05, 4.69) is 18.1 Å². The number of nitrogens with zero attached hydrogens (tertiary/aromatic N) is 2. The van der Waals surface area contributed by atoms with E-state index >= 15 is 0 Å². The summed E-state index contributed by atoms with van der Waals surface area (Å²) in [5.74, 6) is 0. The van der Waals surface area contributed by atoms with E-state index in [9.17, 15) is 0 Å². The molecule has 0 aliphatic carbocycles. The summed E-state index contributed by atoms with van der Waals surface area (Å²) in [6.45, 7) is 6.09. The summed E-state index contributed by atoms with van der Waals surface area (Å²) in [5.41, 5.74) is 7.67. The molecule has 0 bridgehead atoms. The smallest absolute Gasteiger partial charge is 0.0748 e. The second kappa shape index (κ2) is 3.87. The van der Waals surface area contributed by atoms with E-state index in [0.717, 1.165) is 11.4 Å². The van der Waals surface area contributed by atoms with Crippen molar-refractivity contribution in [3.63, 3.8) is 0 Å². The summed E-state index contributed by atoms with van der Waals surface area (Å²) in [6.07, 6.45) is 0.706. The molecule has 0 amide bonds. The number of nitrogens with two attached hydrogens (primary N) is 1. The molecule has 0 radical (unpaired) electrons. The minimum absolute atomic E-state index is 0.256. The normalized spacial score (nSPS) is 12.8. The van der Waals surface area contributed by atoms with E-state index in [1.54, 1.807) is 0 Å². The fourth-order valence-electron chi connectivity index (χ4n) is 1.47. The Kier molecular flexibility index (Phi) is 3.03. The summed E-state index contributed by atoms with van der Waals surface area (Å²) in [6, 6.07) is 2.31. The number of aromatic nitrogens is 2. The van der Waals surface area contributed by atoms with Gasteiger partial charge in [0.1, 0.15) is 0 Å². The summed E-state index contributed by atoms with van der Waals surface area (Å²) in [7, 11) is 0. The lowest BCUT2D eigenvalue weighted by Gasteiger charge is -2.12. The number of aryl methyl sites for hydroxylation is 2. The average Bonchev–Trinajstić information content (AvgIpc) is 2.28. The van der Waals surface area contributed by atoms with Gasteiger partial charge in [-0.15, -0.1) is 0 Å². The first-order chi connectivity index (χ1) is 6.00. The Morgan fingerprint density at radius 1 is 1.69 bits per heavy atom. The van der Waals surface area contributed by atoms with Crippen molar-refractivity contribution in [3.05, 3.63) is 17.5 Å². The molecule has 2 N–H and O–H groups in total. The van der Waals surface area contributed by atoms with Gasteiger partial charge in [-0.2, -0.15) is 5.10 Å². The van der Waals surface area contributed by atoms with Crippen LogP contribution < -0.4 is 5.73 Å². The summed E-state index contributed by atoms with van der Waals surface area (Å²) < 4.78 is 1.97. The van der Waals surface area contributed by atoms with Crippen molar-refractivity contribution in [1.29, 1.82) is 0 Å². The number of hydrogen-bond acceptors (Lipinski definition) is 2. The van der Waals surface area contributed by atoms with Crippen molar-refractivity contribution in [2.75, 3.05) is 0 Å². The molecular formula is C9H15N3S. The summed E-state index contributed by atoms with van der Waals surface area (Å²) in [4.78, 5) is 0.542. The predicted molar refractivity (Wildman–Crippen MR) is 57.8 cm³/mol. The van der Waals surface area contributed by atoms with Gasteiger partial charge in [-0.1, -0.05) is 12.2 Å². The van der Waals surface area contributed by atoms with Gasteiger partial charge in [0.05, 0.1) is 16.7 Å². The van der Waals surface area contributed by atoms with Crippen molar-refractivity contribution < 1.29 is 0 Å². The Morgan fingerprint density at radius 3 is 2.69 bits per heavy atom. The van der Waals surface area contributed by atoms with Gasteiger partial charge in [0.15, 0.2) is 0 Å². The zero-order chi connectivity index (χ0) is 10.0. The van der Waals surface area contributed by atoms with Gasteiger partial charge in [-0.05, 0) is 26.8 Å². The summed E-state index contributed by atoms with van der Waals surface area (Å²) >= 11 is 4.86. The van der Waals surface area contributed by atoms with Crippen LogP contribution >= 0.6 is 12.2 Å². The van der Waals surface area contributed by atoms with Gasteiger partial charge in [-0.3, -0.25) is 4.68 Å². The van der Waals surface area contributed by atoms with Crippen LogP contribution in [0.1, 0.15) is 30.8 Å². The Balaban J connectivity index is 2.81. The molecule has 1 aromatic heterocycles. The van der Waals surface area contributed by atoms with Crippen molar-refractivity contribution in [2.24, 2.45) is 5.73 Å². The van der Waals surface area contributed by atoms with Gasteiger partial charge >= 0.3 is 0 Å². The highest BCUT2D eigenvalue weighted by atomic mass is 32.1. The molecule has 13 heavy (non-hydrogen) atoms. The Bertz CT molecular complexity index is 317. The lowest BCUT2D eigenvalue weighted by Crippen LogP contribution is -2.17. The SMILES string of the molecule is Cc1cc(C)n(C(C)CC(N)=S)n1. The lowest BCUT2D eigenvalue weighted by atomic mass is 10.2. The van der Waals surface area contributed by atoms with Gasteiger partial charge in [0, 0.05) is 12.1 Å². The van der Waals surface area contributed by atoms with Crippen LogP contribution in [0.4, 0.5) is 0 Å². The molecule has 3 nitrogen and oxygen atoms in total. The van der Waals surface area contributed by atoms with E-state index in [1.807, 2.05) is 18.5 Å². The standard InChI is InChI=1S/C9H15N3S/c1-6-4-7(2)12(11-6)8(3)5-9(10)13/h4,8H,5H2,1-3H3,(H2,10,13). The van der Waals surface area contributed by atoms with Crippen LogP contribution in [0, 0.1) is 13.8 Å². The Morgan fingerprint density at radius 2 is 2.31 bits per heavy atom. The van der Waals surface area contributed by atoms with Crippen molar-refractivity contribution in [1.82, 2.24) is 9.78 Å². The molecule has 0 aliphatic rings. The second-order valence-electron chi connectivity index (χ2n) is 3.39. The third-order valence-electron chi connectivity index (χ3n) is 1.96. The van der Waals surface area contributed by atoms with Crippen LogP contribution in [0.25, 0.3) is 0 Å². The molecule has 72 valence electrons. The predicted octanol–water partition coefficient (Wildman–Crippen LogP) is 1.74. The van der Waals surface area contributed by atoms with E-state index in [-0.39, 0.29) is 6.04 Å². The first kappa shape index (κ1) is 10.2. The zero-order valence-corrected chi connectivity index (χ0v) is 9.06. The number of rotatable bonds is 3. The molecule has 1 aromatic rings. The highest BCUT2D eigenvalue weighted by Gasteiger charge is 2.09. The fraction of sp³-hybridized carbons (Fsp3) is 0.556. The zero-order valence-electron chi connectivity index (χ0n) is 8.24. The molecule has 0 saturated carbocycles. The maximum atomic E-state index is 5.48. The maximum Gasteiger partial charge on any atom is 0.0748 e. The third kappa shape index (κ3) is 2.52. The largest absolute Gasteiger partial charge is 0.393 e. The molecule has 1 atom stereocenters. The second-order valence-corrected chi connectivity index (χ2v) is 3.92. The van der Waals surface area contributed by atoms with Crippen LogP contribution in [0.15, 0.2) is 6.07 Å². The van der Waals surface area contributed by atoms with Crippen LogP contribution in [0.3, 0.4) is 0 Å². The van der Waals surface area contributed by atoms with Gasteiger partial charge in [0.25, 0.3) is 0 Å². The molecule has 0 aliphatic heterocycles. The van der Waals surface area contributed by atoms with Gasteiger partial charge < -0.3 is 5.73 Å². The highest BCUT2D eigenvalue weighted by molar-refractivity contribution is 7.80. The minimum Gasteiger partial charge on any atom is -0.393 e. The molecule has 1 heterocycles. The van der Waals surface area contributed by atoms with Gasteiger partial charge in [-0.25, -0.2) is 0 Å². The van der Waals surface area contributed by atoms with Crippen molar-refractivity contribution in [2.45, 2.75) is 33.2 Å². The first-order valence-corrected chi connectivity index (χ1v) is 4.72. The lowest BCUT2D eigenvalue weighted by molar-refractivity contribution is 0.493. The van der Waals surface area contributed by atoms with Crippen LogP contribution in [-0.4, -0.2) is 14.8 Å². The Hall–Kier alpha value is -0.900. The van der Waals surface area contributed by atoms with E-state index in [0.29, 0.717) is 11.4 Å². The molecular weight excluding hydrogens is 182 g/mol. The van der Waals surface area contributed by atoms with Gasteiger partial charge in [0.2, 0.25) is 0 Å². The number of hydrogen-bond donors (Lipinski definition) is 1. The van der Waals surface area contributed by atoms with E-state index in [4.69, 9.17) is 18.0 Å².